The van der Waals surface area contributed by atoms with Gasteiger partial charge in [-0.3, -0.25) is 0 Å². The predicted octanol–water partition coefficient (Wildman–Crippen LogP) is 4.35. The van der Waals surface area contributed by atoms with E-state index in [1.54, 1.807) is 18.2 Å². The van der Waals surface area contributed by atoms with E-state index in [2.05, 4.69) is 5.16 Å². The number of nitrogens with zero attached hydrogens (tertiary/aromatic N) is 1. The van der Waals surface area contributed by atoms with Gasteiger partial charge in [0.25, 0.3) is 0 Å². The molecule has 0 spiro atoms. The van der Waals surface area contributed by atoms with E-state index in [9.17, 15) is 13.6 Å². The van der Waals surface area contributed by atoms with Gasteiger partial charge in [0, 0.05) is 23.3 Å². The summed E-state index contributed by atoms with van der Waals surface area (Å²) >= 11 is 6.27. The third-order valence-corrected chi connectivity index (χ3v) is 4.32. The number of oxime groups is 1. The van der Waals surface area contributed by atoms with Crippen molar-refractivity contribution >= 4 is 28.9 Å². The maximum Gasteiger partial charge on any atom is 0.341 e. The Bertz CT molecular complexity index is 942. The summed E-state index contributed by atoms with van der Waals surface area (Å²) in [5.41, 5.74) is 0.483. The maximum atomic E-state index is 14.1. The summed E-state index contributed by atoms with van der Waals surface area (Å²) in [6.07, 6.45) is 1.22. The summed E-state index contributed by atoms with van der Waals surface area (Å²) in [5.74, 6) is -2.25. The number of hydrogen-bond donors (Lipinski definition) is 0. The Morgan fingerprint density at radius 3 is 2.37 bits per heavy atom. The number of carbonyl (C=O) groups is 1. The minimum absolute atomic E-state index is 0.0812. The van der Waals surface area contributed by atoms with Crippen molar-refractivity contribution in [1.82, 2.24) is 0 Å². The molecule has 30 heavy (non-hydrogen) atoms. The molecule has 0 aliphatic carbocycles. The SMILES string of the molecule is CO/C=C(/C(=O)OC)c1cccc(Cl)c1CO/N=C(\COC)c1c(F)cccc1F. The van der Waals surface area contributed by atoms with Gasteiger partial charge in [-0.05, 0) is 18.2 Å². The molecule has 6 nitrogen and oxygen atoms in total. The zero-order valence-electron chi connectivity index (χ0n) is 16.6. The van der Waals surface area contributed by atoms with E-state index < -0.39 is 17.6 Å². The molecule has 0 atom stereocenters. The first kappa shape index (κ1) is 23.3. The lowest BCUT2D eigenvalue weighted by Crippen LogP contribution is -2.14. The molecule has 0 aliphatic rings. The molecule has 0 amide bonds. The first-order valence-electron chi connectivity index (χ1n) is 8.65. The number of ether oxygens (including phenoxy) is 3. The fraction of sp³-hybridized carbons (Fsp3) is 0.238. The Morgan fingerprint density at radius 2 is 1.77 bits per heavy atom. The molecule has 0 heterocycles. The van der Waals surface area contributed by atoms with Crippen LogP contribution in [0.25, 0.3) is 5.57 Å². The van der Waals surface area contributed by atoms with E-state index in [1.807, 2.05) is 0 Å². The maximum absolute atomic E-state index is 14.1. The highest BCUT2D eigenvalue weighted by atomic mass is 35.5. The van der Waals surface area contributed by atoms with Gasteiger partial charge in [0.2, 0.25) is 0 Å². The van der Waals surface area contributed by atoms with Crippen LogP contribution in [-0.4, -0.2) is 39.6 Å². The monoisotopic (exact) mass is 439 g/mol. The number of hydrogen-bond acceptors (Lipinski definition) is 6. The van der Waals surface area contributed by atoms with Crippen LogP contribution in [0.15, 0.2) is 47.8 Å². The minimum Gasteiger partial charge on any atom is -0.503 e. The number of esters is 1. The molecule has 0 radical (unpaired) electrons. The summed E-state index contributed by atoms with van der Waals surface area (Å²) in [7, 11) is 3.98. The Kier molecular flexibility index (Phi) is 8.76. The highest BCUT2D eigenvalue weighted by Gasteiger charge is 2.20. The molecule has 2 aromatic carbocycles. The van der Waals surface area contributed by atoms with Crippen molar-refractivity contribution < 1.29 is 32.6 Å². The number of halogens is 3. The fourth-order valence-corrected chi connectivity index (χ4v) is 2.87. The van der Waals surface area contributed by atoms with Crippen LogP contribution in [0.5, 0.6) is 0 Å². The molecule has 0 bridgehead atoms. The zero-order valence-corrected chi connectivity index (χ0v) is 17.3. The van der Waals surface area contributed by atoms with Crippen molar-refractivity contribution in [2.24, 2.45) is 5.16 Å². The van der Waals surface area contributed by atoms with Gasteiger partial charge in [-0.1, -0.05) is 35.0 Å². The average Bonchev–Trinajstić information content (AvgIpc) is 2.72. The van der Waals surface area contributed by atoms with Crippen LogP contribution in [0.3, 0.4) is 0 Å². The summed E-state index contributed by atoms with van der Waals surface area (Å²) in [5, 5.41) is 4.13. The van der Waals surface area contributed by atoms with Crippen LogP contribution in [0.4, 0.5) is 8.78 Å². The van der Waals surface area contributed by atoms with Crippen LogP contribution in [0.2, 0.25) is 5.02 Å². The van der Waals surface area contributed by atoms with E-state index >= 15 is 0 Å². The molecule has 0 aliphatic heterocycles. The molecule has 0 unspecified atom stereocenters. The topological polar surface area (TPSA) is 66.4 Å². The Labute approximate surface area is 177 Å². The summed E-state index contributed by atoms with van der Waals surface area (Å²) < 4.78 is 42.9. The third-order valence-electron chi connectivity index (χ3n) is 3.97. The third kappa shape index (κ3) is 5.55. The second-order valence-corrected chi connectivity index (χ2v) is 6.27. The molecule has 2 aromatic rings. The molecule has 160 valence electrons. The smallest absolute Gasteiger partial charge is 0.341 e. The number of carbonyl (C=O) groups excluding carboxylic acids is 1. The Balaban J connectivity index is 2.38. The van der Waals surface area contributed by atoms with Gasteiger partial charge in [-0.2, -0.15) is 0 Å². The molecular weight excluding hydrogens is 420 g/mol. The standard InChI is InChI=1S/C21H20ClF2NO5/c1-27-10-15(21(26)29-3)13-6-4-7-16(22)14(13)11-30-25-19(12-28-2)20-17(23)8-5-9-18(20)24/h4-10H,11-12H2,1-3H3/b15-10+,25-19+. The van der Waals surface area contributed by atoms with Crippen molar-refractivity contribution in [3.63, 3.8) is 0 Å². The first-order chi connectivity index (χ1) is 14.4. The molecular formula is C21H20ClF2NO5. The van der Waals surface area contributed by atoms with Gasteiger partial charge < -0.3 is 19.0 Å². The van der Waals surface area contributed by atoms with Gasteiger partial charge in [0.15, 0.2) is 0 Å². The van der Waals surface area contributed by atoms with Gasteiger partial charge in [-0.25, -0.2) is 13.6 Å². The highest BCUT2D eigenvalue weighted by molar-refractivity contribution is 6.32. The van der Waals surface area contributed by atoms with Crippen molar-refractivity contribution in [1.29, 1.82) is 0 Å². The molecule has 0 N–H and O–H groups in total. The van der Waals surface area contributed by atoms with Gasteiger partial charge in [0.1, 0.15) is 29.5 Å². The van der Waals surface area contributed by atoms with Crippen LogP contribution in [-0.2, 0) is 30.4 Å². The van der Waals surface area contributed by atoms with E-state index in [0.717, 1.165) is 12.1 Å². The normalized spacial score (nSPS) is 11.9. The van der Waals surface area contributed by atoms with Gasteiger partial charge in [-0.15, -0.1) is 0 Å². The summed E-state index contributed by atoms with van der Waals surface area (Å²) in [6, 6.07) is 8.32. The van der Waals surface area contributed by atoms with Gasteiger partial charge >= 0.3 is 5.97 Å². The van der Waals surface area contributed by atoms with Gasteiger partial charge in [0.05, 0.1) is 32.7 Å². The second-order valence-electron chi connectivity index (χ2n) is 5.87. The highest BCUT2D eigenvalue weighted by Crippen LogP contribution is 2.28. The van der Waals surface area contributed by atoms with E-state index in [-0.39, 0.29) is 30.1 Å². The van der Waals surface area contributed by atoms with Crippen LogP contribution < -0.4 is 0 Å². The van der Waals surface area contributed by atoms with Crippen molar-refractivity contribution in [3.8, 4) is 0 Å². The Morgan fingerprint density at radius 1 is 1.10 bits per heavy atom. The van der Waals surface area contributed by atoms with Crippen LogP contribution >= 0.6 is 11.6 Å². The van der Waals surface area contributed by atoms with E-state index in [0.29, 0.717) is 16.1 Å². The molecule has 9 heteroatoms. The Hall–Kier alpha value is -2.97. The molecule has 2 rings (SSSR count). The van der Waals surface area contributed by atoms with Crippen molar-refractivity contribution in [3.05, 3.63) is 76.0 Å². The number of methoxy groups -OCH3 is 3. The molecule has 0 aromatic heterocycles. The number of rotatable bonds is 9. The minimum atomic E-state index is -0.802. The molecule has 0 saturated carbocycles. The van der Waals surface area contributed by atoms with E-state index in [4.69, 9.17) is 30.6 Å². The zero-order chi connectivity index (χ0) is 22.1. The summed E-state index contributed by atoms with van der Waals surface area (Å²) in [6.45, 7) is -0.388. The van der Waals surface area contributed by atoms with Crippen LogP contribution in [0, 0.1) is 11.6 Å². The van der Waals surface area contributed by atoms with Crippen molar-refractivity contribution in [2.45, 2.75) is 6.61 Å². The summed E-state index contributed by atoms with van der Waals surface area (Å²) in [4.78, 5) is 17.4. The lowest BCUT2D eigenvalue weighted by molar-refractivity contribution is -0.133. The predicted molar refractivity (Wildman–Crippen MR) is 108 cm³/mol. The molecule has 0 saturated heterocycles. The molecule has 0 fully saturated rings. The average molecular weight is 440 g/mol. The lowest BCUT2D eigenvalue weighted by Gasteiger charge is -2.13. The lowest BCUT2D eigenvalue weighted by atomic mass is 10.0. The van der Waals surface area contributed by atoms with E-state index in [1.165, 1.54) is 33.7 Å². The number of benzene rings is 2. The van der Waals surface area contributed by atoms with Crippen LogP contribution in [0.1, 0.15) is 16.7 Å². The van der Waals surface area contributed by atoms with Crippen molar-refractivity contribution in [2.75, 3.05) is 27.9 Å². The fourth-order valence-electron chi connectivity index (χ4n) is 2.64. The largest absolute Gasteiger partial charge is 0.503 e. The second kappa shape index (κ2) is 11.3. The first-order valence-corrected chi connectivity index (χ1v) is 9.03. The quantitative estimate of drug-likeness (QED) is 0.191.